The average molecular weight is 624 g/mol. The van der Waals surface area contributed by atoms with Crippen LogP contribution in [0.15, 0.2) is 36.4 Å². The zero-order valence-electron chi connectivity index (χ0n) is 24.6. The Labute approximate surface area is 249 Å². The molecule has 3 aromatic rings. The Balaban J connectivity index is 1.57. The number of likely N-dealkylation sites (tertiary alicyclic amines) is 1. The first-order valence-electron chi connectivity index (χ1n) is 14.0. The van der Waals surface area contributed by atoms with Crippen molar-refractivity contribution in [3.05, 3.63) is 46.8 Å². The molecule has 2 atom stereocenters. The number of piperidine rings is 1. The van der Waals surface area contributed by atoms with Crippen LogP contribution in [0.3, 0.4) is 0 Å². The van der Waals surface area contributed by atoms with Gasteiger partial charge in [0, 0.05) is 24.9 Å². The molecule has 2 heterocycles. The van der Waals surface area contributed by atoms with E-state index in [0.717, 1.165) is 13.1 Å². The number of nitrogens with zero attached hydrogens (tertiary/aromatic N) is 1. The normalized spacial score (nSPS) is 18.1. The van der Waals surface area contributed by atoms with Gasteiger partial charge < -0.3 is 24.8 Å². The van der Waals surface area contributed by atoms with Gasteiger partial charge in [-0.15, -0.1) is 11.3 Å². The fraction of sp³-hybridized carbons (Fsp3) is 0.484. The van der Waals surface area contributed by atoms with Crippen molar-refractivity contribution >= 4 is 45.2 Å². The number of fused-ring (bicyclic) bond motifs is 1. The highest BCUT2D eigenvalue weighted by Crippen LogP contribution is 2.40. The van der Waals surface area contributed by atoms with E-state index in [1.54, 1.807) is 49.7 Å². The summed E-state index contributed by atoms with van der Waals surface area (Å²) in [4.78, 5) is 2.46. The van der Waals surface area contributed by atoms with Crippen LogP contribution in [0.4, 0.5) is 28.9 Å². The molecular formula is C31H38F4N3O2PS. The minimum Gasteiger partial charge on any atom is -0.495 e. The van der Waals surface area contributed by atoms with Crippen molar-refractivity contribution in [2.24, 2.45) is 5.92 Å². The van der Waals surface area contributed by atoms with Crippen LogP contribution in [-0.4, -0.2) is 69.9 Å². The minimum absolute atomic E-state index is 0.130. The number of anilines is 2. The number of nitrogens with one attached hydrogen (secondary N) is 2. The predicted octanol–water partition coefficient (Wildman–Crippen LogP) is 7.21. The molecule has 5 nitrogen and oxygen atoms in total. The van der Waals surface area contributed by atoms with E-state index in [9.17, 15) is 17.7 Å². The summed E-state index contributed by atoms with van der Waals surface area (Å²) in [6.07, 6.45) is -5.98. The minimum atomic E-state index is -4.41. The molecule has 4 rings (SSSR count). The zero-order valence-corrected chi connectivity index (χ0v) is 26.3. The number of benzene rings is 2. The first-order valence-corrected chi connectivity index (χ1v) is 17.4. The van der Waals surface area contributed by atoms with Crippen LogP contribution in [-0.2, 0) is 11.0 Å². The van der Waals surface area contributed by atoms with E-state index >= 15 is 4.39 Å². The van der Waals surface area contributed by atoms with E-state index < -0.39 is 32.0 Å². The van der Waals surface area contributed by atoms with Gasteiger partial charge in [-0.25, -0.2) is 4.39 Å². The third-order valence-electron chi connectivity index (χ3n) is 7.16. The fourth-order valence-electron chi connectivity index (χ4n) is 5.20. The quantitative estimate of drug-likeness (QED) is 0.150. The molecule has 2 aromatic carbocycles. The molecule has 1 fully saturated rings. The zero-order chi connectivity index (χ0) is 30.7. The van der Waals surface area contributed by atoms with E-state index in [1.807, 2.05) is 0 Å². The molecule has 1 aliphatic rings. The summed E-state index contributed by atoms with van der Waals surface area (Å²) in [6.45, 7) is 9.67. The van der Waals surface area contributed by atoms with E-state index in [-0.39, 0.29) is 12.1 Å². The highest BCUT2D eigenvalue weighted by atomic mass is 32.1. The lowest BCUT2D eigenvalue weighted by atomic mass is 10.0. The van der Waals surface area contributed by atoms with Gasteiger partial charge in [0.1, 0.15) is 19.1 Å². The van der Waals surface area contributed by atoms with Crippen LogP contribution in [0.5, 0.6) is 5.75 Å². The molecule has 2 N–H and O–H groups in total. The molecule has 0 saturated carbocycles. The summed E-state index contributed by atoms with van der Waals surface area (Å²) in [6, 6.07) is 10.00. The summed E-state index contributed by atoms with van der Waals surface area (Å²) in [5, 5.41) is 7.60. The van der Waals surface area contributed by atoms with Crippen molar-refractivity contribution in [3.63, 3.8) is 0 Å². The molecule has 0 amide bonds. The molecule has 2 unspecified atom stereocenters. The summed E-state index contributed by atoms with van der Waals surface area (Å²) < 4.78 is 74.5. The maximum absolute atomic E-state index is 15.1. The number of alkyl halides is 4. The van der Waals surface area contributed by atoms with E-state index in [2.05, 4.69) is 41.2 Å². The fourth-order valence-corrected chi connectivity index (χ4v) is 7.23. The third kappa shape index (κ3) is 8.21. The second-order valence-corrected chi connectivity index (χ2v) is 15.7. The Morgan fingerprint density at radius 3 is 2.60 bits per heavy atom. The van der Waals surface area contributed by atoms with Crippen molar-refractivity contribution < 1.29 is 26.9 Å². The lowest BCUT2D eigenvalue weighted by molar-refractivity contribution is -0.126. The maximum Gasteiger partial charge on any atom is 0.393 e. The Morgan fingerprint density at radius 1 is 1.19 bits per heavy atom. The lowest BCUT2D eigenvalue weighted by Gasteiger charge is -2.36. The number of methoxy groups -OCH3 is 1. The molecule has 42 heavy (non-hydrogen) atoms. The molecule has 0 aliphatic carbocycles. The monoisotopic (exact) mass is 623 g/mol. The van der Waals surface area contributed by atoms with Crippen LogP contribution in [0, 0.1) is 17.8 Å². The molecule has 0 radical (unpaired) electrons. The number of rotatable bonds is 9. The molecule has 1 aromatic heterocycles. The van der Waals surface area contributed by atoms with Gasteiger partial charge in [-0.1, -0.05) is 37.8 Å². The van der Waals surface area contributed by atoms with Crippen molar-refractivity contribution in [3.8, 4) is 17.6 Å². The summed E-state index contributed by atoms with van der Waals surface area (Å²) in [7, 11) is -0.957. The Bertz CT molecular complexity index is 1510. The third-order valence-corrected chi connectivity index (χ3v) is 9.88. The predicted molar refractivity (Wildman–Crippen MR) is 167 cm³/mol. The second kappa shape index (κ2) is 13.3. The van der Waals surface area contributed by atoms with Crippen molar-refractivity contribution in [1.29, 1.82) is 0 Å². The first-order chi connectivity index (χ1) is 19.7. The number of halogens is 4. The van der Waals surface area contributed by atoms with Crippen LogP contribution < -0.4 is 20.7 Å². The molecule has 228 valence electrons. The molecule has 1 saturated heterocycles. The number of ether oxygens (including phenoxy) is 1. The Morgan fingerprint density at radius 2 is 1.95 bits per heavy atom. The van der Waals surface area contributed by atoms with Gasteiger partial charge in [0.25, 0.3) is 0 Å². The molecule has 0 spiro atoms. The largest absolute Gasteiger partial charge is 0.495 e. The van der Waals surface area contributed by atoms with Crippen molar-refractivity contribution in [2.45, 2.75) is 45.1 Å². The smallest absolute Gasteiger partial charge is 0.393 e. The molecule has 11 heteroatoms. The van der Waals surface area contributed by atoms with Gasteiger partial charge in [-0.2, -0.15) is 13.2 Å². The van der Waals surface area contributed by atoms with E-state index in [4.69, 9.17) is 4.74 Å². The standard InChI is InChI=1S/C31H38F4N3O2PS/c1-20(2)18-38-15-13-25(24(32)19-38)37-27-9-6-8-22-23(17-31(33,34)35)29(42-30(22)27)10-7-14-36-26-12-11-21(41(4,5)39)16-28(26)40-3/h6,8-9,11-12,16,20,24-25,36-37H,13-15,17-19H2,1-5H3. The highest BCUT2D eigenvalue weighted by molar-refractivity contribution is 7.70. The SMILES string of the molecule is COc1cc(P(C)(C)=O)ccc1NCC#Cc1sc2c(NC3CCN(CC(C)C)CC3F)cccc2c1CC(F)(F)F. The Kier molecular flexibility index (Phi) is 10.2. The molecule has 1 aliphatic heterocycles. The number of hydrogen-bond donors (Lipinski definition) is 2. The van der Waals surface area contributed by atoms with Gasteiger partial charge in [0.2, 0.25) is 0 Å². The Hall–Kier alpha value is -2.73. The molecular weight excluding hydrogens is 585 g/mol. The van der Waals surface area contributed by atoms with Gasteiger partial charge in [0.05, 0.1) is 47.1 Å². The van der Waals surface area contributed by atoms with Crippen molar-refractivity contribution in [2.75, 3.05) is 57.3 Å². The number of hydrogen-bond acceptors (Lipinski definition) is 6. The van der Waals surface area contributed by atoms with Crippen LogP contribution in [0.1, 0.15) is 30.7 Å². The summed E-state index contributed by atoms with van der Waals surface area (Å²) in [5.41, 5.74) is 1.40. The van der Waals surface area contributed by atoms with Crippen molar-refractivity contribution in [1.82, 2.24) is 4.90 Å². The topological polar surface area (TPSA) is 53.6 Å². The van der Waals surface area contributed by atoms with Crippen LogP contribution in [0.25, 0.3) is 10.1 Å². The van der Waals surface area contributed by atoms with Crippen LogP contribution in [0.2, 0.25) is 0 Å². The average Bonchev–Trinajstić information content (AvgIpc) is 3.23. The highest BCUT2D eigenvalue weighted by Gasteiger charge is 2.32. The maximum atomic E-state index is 15.1. The number of thiophene rings is 1. The van der Waals surface area contributed by atoms with Gasteiger partial charge in [-0.3, -0.25) is 0 Å². The van der Waals surface area contributed by atoms with Crippen LogP contribution >= 0.6 is 18.5 Å². The summed E-state index contributed by atoms with van der Waals surface area (Å²) >= 11 is 1.20. The van der Waals surface area contributed by atoms with Gasteiger partial charge in [-0.05, 0) is 60.9 Å². The van der Waals surface area contributed by atoms with Gasteiger partial charge in [0.15, 0.2) is 0 Å². The first kappa shape index (κ1) is 32.2. The van der Waals surface area contributed by atoms with Gasteiger partial charge >= 0.3 is 6.18 Å². The second-order valence-electron chi connectivity index (χ2n) is 11.5. The summed E-state index contributed by atoms with van der Waals surface area (Å²) in [5.74, 6) is 6.85. The van der Waals surface area contributed by atoms with E-state index in [0.29, 0.717) is 56.3 Å². The van der Waals surface area contributed by atoms with E-state index in [1.165, 1.54) is 18.4 Å². The lowest BCUT2D eigenvalue weighted by Crippen LogP contribution is -2.48. The molecule has 0 bridgehead atoms.